The van der Waals surface area contributed by atoms with Crippen LogP contribution in [0.5, 0.6) is 0 Å². The molecule has 2 aliphatic heterocycles. The lowest BCUT2D eigenvalue weighted by atomic mass is 10.0. The largest absolute Gasteiger partial charge is 0.379 e. The minimum absolute atomic E-state index is 0.0848. The summed E-state index contributed by atoms with van der Waals surface area (Å²) in [7, 11) is 0. The van der Waals surface area contributed by atoms with Crippen molar-refractivity contribution in [2.45, 2.75) is 26.3 Å². The highest BCUT2D eigenvalue weighted by atomic mass is 16.5. The van der Waals surface area contributed by atoms with E-state index in [0.717, 1.165) is 65.4 Å². The fourth-order valence-electron chi connectivity index (χ4n) is 4.11. The fourth-order valence-corrected chi connectivity index (χ4v) is 4.11. The summed E-state index contributed by atoms with van der Waals surface area (Å²) in [5, 5.41) is 3.19. The third-order valence-electron chi connectivity index (χ3n) is 5.97. The van der Waals surface area contributed by atoms with Gasteiger partial charge in [0.25, 0.3) is 0 Å². The minimum atomic E-state index is 0.0848. The van der Waals surface area contributed by atoms with Crippen molar-refractivity contribution in [2.75, 3.05) is 65.6 Å². The molecule has 156 valence electrons. The number of hydrogen-bond acceptors (Lipinski definition) is 4. The zero-order valence-electron chi connectivity index (χ0n) is 17.5. The monoisotopic (exact) mass is 388 g/mol. The van der Waals surface area contributed by atoms with Crippen molar-refractivity contribution in [1.82, 2.24) is 20.0 Å². The Kier molecular flexibility index (Phi) is 8.13. The van der Waals surface area contributed by atoms with Gasteiger partial charge in [0.05, 0.1) is 13.2 Å². The quantitative estimate of drug-likeness (QED) is 0.775. The van der Waals surface area contributed by atoms with Crippen LogP contribution in [0.1, 0.15) is 19.4 Å². The number of carbonyl (C=O) groups is 1. The number of amides is 2. The third-order valence-corrected chi connectivity index (χ3v) is 5.97. The number of rotatable bonds is 7. The molecule has 0 radical (unpaired) electrons. The van der Waals surface area contributed by atoms with Gasteiger partial charge in [-0.1, -0.05) is 44.2 Å². The first-order chi connectivity index (χ1) is 13.6. The van der Waals surface area contributed by atoms with Crippen molar-refractivity contribution in [3.8, 4) is 0 Å². The number of piperazine rings is 1. The molecule has 2 fully saturated rings. The Bertz CT molecular complexity index is 581. The average molecular weight is 389 g/mol. The van der Waals surface area contributed by atoms with Crippen LogP contribution >= 0.6 is 0 Å². The Morgan fingerprint density at radius 2 is 1.71 bits per heavy atom. The molecule has 0 spiro atoms. The number of benzene rings is 1. The molecule has 1 unspecified atom stereocenters. The van der Waals surface area contributed by atoms with Crippen LogP contribution in [0, 0.1) is 5.92 Å². The summed E-state index contributed by atoms with van der Waals surface area (Å²) in [4.78, 5) is 19.5. The van der Waals surface area contributed by atoms with Gasteiger partial charge in [0, 0.05) is 58.4 Å². The number of nitrogens with one attached hydrogen (secondary N) is 1. The predicted octanol–water partition coefficient (Wildman–Crippen LogP) is 1.91. The molecule has 0 saturated carbocycles. The second-order valence-corrected chi connectivity index (χ2v) is 8.21. The van der Waals surface area contributed by atoms with Crippen molar-refractivity contribution in [1.29, 1.82) is 0 Å². The smallest absolute Gasteiger partial charge is 0.317 e. The van der Waals surface area contributed by atoms with Crippen LogP contribution in [-0.4, -0.2) is 92.3 Å². The fraction of sp³-hybridized carbons (Fsp3) is 0.682. The van der Waals surface area contributed by atoms with Crippen molar-refractivity contribution in [3.63, 3.8) is 0 Å². The molecule has 1 aromatic rings. The highest BCUT2D eigenvalue weighted by Gasteiger charge is 2.26. The molecule has 6 heteroatoms. The minimum Gasteiger partial charge on any atom is -0.379 e. The number of carbonyl (C=O) groups excluding carboxylic acids is 1. The maximum atomic E-state index is 12.6. The maximum absolute atomic E-state index is 12.6. The Morgan fingerprint density at radius 1 is 1.04 bits per heavy atom. The Balaban J connectivity index is 1.38. The van der Waals surface area contributed by atoms with E-state index in [4.69, 9.17) is 4.74 Å². The topological polar surface area (TPSA) is 48.1 Å². The van der Waals surface area contributed by atoms with E-state index in [2.05, 4.69) is 59.3 Å². The molecule has 2 aliphatic rings. The van der Waals surface area contributed by atoms with E-state index in [0.29, 0.717) is 18.5 Å². The molecule has 0 aromatic heterocycles. The molecule has 2 saturated heterocycles. The SMILES string of the molecule is CC(C)C(CNC(=O)N1CCN(CCc2ccccc2)CC1)N1CCOCC1. The van der Waals surface area contributed by atoms with Crippen LogP contribution in [0.25, 0.3) is 0 Å². The molecule has 1 atom stereocenters. The molecule has 1 N–H and O–H groups in total. The lowest BCUT2D eigenvalue weighted by Crippen LogP contribution is -2.55. The van der Waals surface area contributed by atoms with E-state index in [1.54, 1.807) is 0 Å². The summed E-state index contributed by atoms with van der Waals surface area (Å²) >= 11 is 0. The first kappa shape index (κ1) is 21.1. The van der Waals surface area contributed by atoms with E-state index in [1.807, 2.05) is 4.90 Å². The highest BCUT2D eigenvalue weighted by Crippen LogP contribution is 2.13. The van der Waals surface area contributed by atoms with Gasteiger partial charge in [-0.05, 0) is 17.9 Å². The Hall–Kier alpha value is -1.63. The molecular formula is C22H36N4O2. The summed E-state index contributed by atoms with van der Waals surface area (Å²) in [5.74, 6) is 0.508. The number of hydrogen-bond donors (Lipinski definition) is 1. The van der Waals surface area contributed by atoms with Crippen LogP contribution < -0.4 is 5.32 Å². The van der Waals surface area contributed by atoms with Crippen molar-refractivity contribution < 1.29 is 9.53 Å². The molecule has 0 aliphatic carbocycles. The second-order valence-electron chi connectivity index (χ2n) is 8.21. The van der Waals surface area contributed by atoms with Gasteiger partial charge in [-0.3, -0.25) is 9.80 Å². The van der Waals surface area contributed by atoms with Crippen LogP contribution in [0.4, 0.5) is 4.79 Å². The van der Waals surface area contributed by atoms with E-state index in [9.17, 15) is 4.79 Å². The highest BCUT2D eigenvalue weighted by molar-refractivity contribution is 5.74. The van der Waals surface area contributed by atoms with Crippen LogP contribution in [0.3, 0.4) is 0 Å². The summed E-state index contributed by atoms with van der Waals surface area (Å²) < 4.78 is 5.47. The maximum Gasteiger partial charge on any atom is 0.317 e. The van der Waals surface area contributed by atoms with Gasteiger partial charge >= 0.3 is 6.03 Å². The van der Waals surface area contributed by atoms with Gasteiger partial charge in [0.1, 0.15) is 0 Å². The molecule has 6 nitrogen and oxygen atoms in total. The van der Waals surface area contributed by atoms with Gasteiger partial charge in [-0.2, -0.15) is 0 Å². The Labute approximate surface area is 169 Å². The number of urea groups is 1. The summed E-state index contributed by atoms with van der Waals surface area (Å²) in [6, 6.07) is 11.1. The molecule has 2 amide bonds. The van der Waals surface area contributed by atoms with Gasteiger partial charge in [0.2, 0.25) is 0 Å². The van der Waals surface area contributed by atoms with E-state index < -0.39 is 0 Å². The lowest BCUT2D eigenvalue weighted by Gasteiger charge is -2.38. The summed E-state index contributed by atoms with van der Waals surface area (Å²) in [5.41, 5.74) is 1.38. The first-order valence-electron chi connectivity index (χ1n) is 10.7. The number of morpholine rings is 1. The second kappa shape index (κ2) is 10.8. The summed E-state index contributed by atoms with van der Waals surface area (Å²) in [6.07, 6.45) is 1.07. The molecule has 28 heavy (non-hydrogen) atoms. The molecule has 3 rings (SSSR count). The number of nitrogens with zero attached hydrogens (tertiary/aromatic N) is 3. The first-order valence-corrected chi connectivity index (χ1v) is 10.7. The zero-order chi connectivity index (χ0) is 19.8. The van der Waals surface area contributed by atoms with Crippen molar-refractivity contribution >= 4 is 6.03 Å². The normalized spacial score (nSPS) is 20.3. The Morgan fingerprint density at radius 3 is 2.36 bits per heavy atom. The van der Waals surface area contributed by atoms with Crippen molar-refractivity contribution in [3.05, 3.63) is 35.9 Å². The van der Waals surface area contributed by atoms with Gasteiger partial charge in [0.15, 0.2) is 0 Å². The van der Waals surface area contributed by atoms with Gasteiger partial charge in [-0.15, -0.1) is 0 Å². The summed E-state index contributed by atoms with van der Waals surface area (Å²) in [6.45, 7) is 13.3. The molecule has 2 heterocycles. The predicted molar refractivity (Wildman–Crippen MR) is 113 cm³/mol. The molecule has 1 aromatic carbocycles. The van der Waals surface area contributed by atoms with Gasteiger partial charge < -0.3 is 15.0 Å². The van der Waals surface area contributed by atoms with Crippen LogP contribution in [-0.2, 0) is 11.2 Å². The van der Waals surface area contributed by atoms with Crippen molar-refractivity contribution in [2.24, 2.45) is 5.92 Å². The standard InChI is InChI=1S/C22H36N4O2/c1-19(2)21(25-14-16-28-17-15-25)18-23-22(27)26-12-10-24(11-13-26)9-8-20-6-4-3-5-7-20/h3-7,19,21H,8-18H2,1-2H3,(H,23,27). The van der Waals surface area contributed by atoms with Crippen LogP contribution in [0.2, 0.25) is 0 Å². The van der Waals surface area contributed by atoms with Crippen LogP contribution in [0.15, 0.2) is 30.3 Å². The lowest BCUT2D eigenvalue weighted by molar-refractivity contribution is 0.00682. The van der Waals surface area contributed by atoms with Gasteiger partial charge in [-0.25, -0.2) is 4.79 Å². The average Bonchev–Trinajstić information content (AvgIpc) is 2.74. The number of ether oxygens (including phenoxy) is 1. The van der Waals surface area contributed by atoms with E-state index in [1.165, 1.54) is 5.56 Å². The molecule has 0 bridgehead atoms. The third kappa shape index (κ3) is 6.19. The zero-order valence-corrected chi connectivity index (χ0v) is 17.5. The van der Waals surface area contributed by atoms with E-state index in [-0.39, 0.29) is 6.03 Å². The molecular weight excluding hydrogens is 352 g/mol. The van der Waals surface area contributed by atoms with E-state index >= 15 is 0 Å².